The van der Waals surface area contributed by atoms with E-state index in [4.69, 9.17) is 5.73 Å². The summed E-state index contributed by atoms with van der Waals surface area (Å²) >= 11 is 3.26. The van der Waals surface area contributed by atoms with Gasteiger partial charge in [0, 0.05) is 21.2 Å². The van der Waals surface area contributed by atoms with Crippen molar-refractivity contribution in [3.05, 3.63) is 69.9 Å². The van der Waals surface area contributed by atoms with E-state index in [1.54, 1.807) is 12.1 Å². The summed E-state index contributed by atoms with van der Waals surface area (Å²) in [6.07, 6.45) is 0.594. The molecule has 0 saturated heterocycles. The Morgan fingerprint density at radius 2 is 1.92 bits per heavy atom. The van der Waals surface area contributed by atoms with Crippen LogP contribution >= 0.6 is 15.9 Å². The van der Waals surface area contributed by atoms with Gasteiger partial charge in [-0.15, -0.1) is 0 Å². The fraction of sp³-hybridized carbons (Fsp3) is 0.100. The van der Waals surface area contributed by atoms with Crippen LogP contribution in [0.3, 0.4) is 0 Å². The van der Waals surface area contributed by atoms with Crippen LogP contribution in [-0.2, 0) is 6.42 Å². The van der Waals surface area contributed by atoms with Gasteiger partial charge in [-0.3, -0.25) is 0 Å². The lowest BCUT2D eigenvalue weighted by atomic mass is 9.90. The highest BCUT2D eigenvalue weighted by Crippen LogP contribution is 2.38. The van der Waals surface area contributed by atoms with Gasteiger partial charge in [0.05, 0.1) is 5.69 Å². The zero-order valence-electron chi connectivity index (χ0n) is 13.6. The fourth-order valence-corrected chi connectivity index (χ4v) is 3.26. The predicted octanol–water partition coefficient (Wildman–Crippen LogP) is 5.33. The molecule has 0 bridgehead atoms. The van der Waals surface area contributed by atoms with Crippen molar-refractivity contribution in [3.8, 4) is 28.5 Å². The van der Waals surface area contributed by atoms with Crippen LogP contribution in [0.15, 0.2) is 53.0 Å². The van der Waals surface area contributed by atoms with Gasteiger partial charge in [-0.2, -0.15) is 5.26 Å². The van der Waals surface area contributed by atoms with Gasteiger partial charge in [0.2, 0.25) is 0 Å². The predicted molar refractivity (Wildman–Crippen MR) is 101 cm³/mol. The molecule has 2 aromatic carbocycles. The molecular weight excluding hydrogens is 381 g/mol. The molecule has 0 fully saturated rings. The minimum absolute atomic E-state index is 0.107. The van der Waals surface area contributed by atoms with Crippen LogP contribution in [0.1, 0.15) is 18.1 Å². The highest BCUT2D eigenvalue weighted by molar-refractivity contribution is 9.10. The van der Waals surface area contributed by atoms with Crippen molar-refractivity contribution in [3.63, 3.8) is 0 Å². The second-order valence-electron chi connectivity index (χ2n) is 5.53. The fourth-order valence-electron chi connectivity index (χ4n) is 2.92. The van der Waals surface area contributed by atoms with Gasteiger partial charge in [-0.25, -0.2) is 9.37 Å². The standard InChI is InChI=1S/C20H15BrFN3/c1-2-14-18(15-9-8-13(21)10-17(15)22)16(11-23)20(24)25-19(14)12-6-4-3-5-7-12/h3-10H,2H2,1H3,(H2,24,25). The quantitative estimate of drug-likeness (QED) is 0.651. The summed E-state index contributed by atoms with van der Waals surface area (Å²) in [6.45, 7) is 1.96. The number of benzene rings is 2. The summed E-state index contributed by atoms with van der Waals surface area (Å²) in [6, 6.07) is 16.5. The third-order valence-electron chi connectivity index (χ3n) is 4.04. The van der Waals surface area contributed by atoms with E-state index < -0.39 is 5.82 Å². The zero-order valence-corrected chi connectivity index (χ0v) is 15.1. The van der Waals surface area contributed by atoms with E-state index in [9.17, 15) is 9.65 Å². The molecule has 0 spiro atoms. The number of hydrogen-bond acceptors (Lipinski definition) is 3. The van der Waals surface area contributed by atoms with Crippen molar-refractivity contribution in [2.24, 2.45) is 0 Å². The highest BCUT2D eigenvalue weighted by atomic mass is 79.9. The van der Waals surface area contributed by atoms with Crippen molar-refractivity contribution in [1.82, 2.24) is 4.98 Å². The average molecular weight is 396 g/mol. The number of aromatic nitrogens is 1. The van der Waals surface area contributed by atoms with Gasteiger partial charge < -0.3 is 5.73 Å². The summed E-state index contributed by atoms with van der Waals surface area (Å²) in [5, 5.41) is 9.59. The largest absolute Gasteiger partial charge is 0.383 e. The molecule has 1 heterocycles. The number of pyridine rings is 1. The molecule has 3 nitrogen and oxygen atoms in total. The van der Waals surface area contributed by atoms with Gasteiger partial charge in [0.1, 0.15) is 23.3 Å². The third kappa shape index (κ3) is 3.13. The van der Waals surface area contributed by atoms with E-state index in [1.807, 2.05) is 37.3 Å². The lowest BCUT2D eigenvalue weighted by molar-refractivity contribution is 0.630. The Hall–Kier alpha value is -2.71. The van der Waals surface area contributed by atoms with E-state index >= 15 is 0 Å². The summed E-state index contributed by atoms with van der Waals surface area (Å²) in [4.78, 5) is 4.44. The van der Waals surface area contributed by atoms with Gasteiger partial charge in [-0.05, 0) is 24.1 Å². The SMILES string of the molecule is CCc1c(-c2ccccc2)nc(N)c(C#N)c1-c1ccc(Br)cc1F. The van der Waals surface area contributed by atoms with Crippen molar-refractivity contribution < 1.29 is 4.39 Å². The smallest absolute Gasteiger partial charge is 0.142 e. The normalized spacial score (nSPS) is 10.5. The van der Waals surface area contributed by atoms with Gasteiger partial charge >= 0.3 is 0 Å². The first-order chi connectivity index (χ1) is 12.1. The number of rotatable bonds is 3. The number of nitrogens with zero attached hydrogens (tertiary/aromatic N) is 2. The van der Waals surface area contributed by atoms with Crippen LogP contribution in [0.4, 0.5) is 10.2 Å². The molecule has 3 rings (SSSR count). The minimum Gasteiger partial charge on any atom is -0.383 e. The highest BCUT2D eigenvalue weighted by Gasteiger charge is 2.21. The Labute approximate surface area is 154 Å². The Morgan fingerprint density at radius 3 is 2.52 bits per heavy atom. The molecule has 5 heteroatoms. The van der Waals surface area contributed by atoms with Crippen molar-refractivity contribution in [1.29, 1.82) is 5.26 Å². The summed E-state index contributed by atoms with van der Waals surface area (Å²) in [5.41, 5.74) is 9.48. The third-order valence-corrected chi connectivity index (χ3v) is 4.53. The Kier molecular flexibility index (Phi) is 4.82. The first kappa shape index (κ1) is 17.1. The molecule has 0 atom stereocenters. The lowest BCUT2D eigenvalue weighted by Crippen LogP contribution is -2.06. The van der Waals surface area contributed by atoms with Gasteiger partial charge in [0.25, 0.3) is 0 Å². The number of halogens is 2. The lowest BCUT2D eigenvalue weighted by Gasteiger charge is -2.17. The number of hydrogen-bond donors (Lipinski definition) is 1. The van der Waals surface area contributed by atoms with E-state index in [0.29, 0.717) is 27.7 Å². The summed E-state index contributed by atoms with van der Waals surface area (Å²) < 4.78 is 15.3. The Morgan fingerprint density at radius 1 is 1.20 bits per heavy atom. The van der Waals surface area contributed by atoms with Crippen LogP contribution in [0, 0.1) is 17.1 Å². The average Bonchev–Trinajstić information content (AvgIpc) is 2.62. The van der Waals surface area contributed by atoms with Gasteiger partial charge in [-0.1, -0.05) is 59.3 Å². The maximum absolute atomic E-state index is 14.6. The van der Waals surface area contributed by atoms with Crippen LogP contribution in [0.5, 0.6) is 0 Å². The Balaban J connectivity index is 2.40. The number of nitrogens with two attached hydrogens (primary N) is 1. The number of anilines is 1. The number of nitriles is 1. The molecule has 0 unspecified atom stereocenters. The van der Waals surface area contributed by atoms with E-state index in [1.165, 1.54) is 6.07 Å². The number of nitrogen functional groups attached to an aromatic ring is 1. The minimum atomic E-state index is -0.412. The Bertz CT molecular complexity index is 978. The second-order valence-corrected chi connectivity index (χ2v) is 6.45. The van der Waals surface area contributed by atoms with Crippen molar-refractivity contribution in [2.75, 3.05) is 5.73 Å². The van der Waals surface area contributed by atoms with E-state index in [0.717, 1.165) is 11.1 Å². The van der Waals surface area contributed by atoms with Crippen LogP contribution < -0.4 is 5.73 Å². The molecule has 3 aromatic rings. The maximum atomic E-state index is 14.6. The van der Waals surface area contributed by atoms with Gasteiger partial charge in [0.15, 0.2) is 0 Å². The molecule has 0 amide bonds. The molecule has 124 valence electrons. The molecule has 0 aliphatic rings. The van der Waals surface area contributed by atoms with Crippen LogP contribution in [0.2, 0.25) is 0 Å². The molecule has 1 aromatic heterocycles. The topological polar surface area (TPSA) is 62.7 Å². The molecule has 25 heavy (non-hydrogen) atoms. The first-order valence-electron chi connectivity index (χ1n) is 7.80. The summed E-state index contributed by atoms with van der Waals surface area (Å²) in [7, 11) is 0. The van der Waals surface area contributed by atoms with Crippen LogP contribution in [-0.4, -0.2) is 4.98 Å². The van der Waals surface area contributed by atoms with Crippen molar-refractivity contribution in [2.45, 2.75) is 13.3 Å². The van der Waals surface area contributed by atoms with Crippen molar-refractivity contribution >= 4 is 21.7 Å². The molecule has 0 aliphatic carbocycles. The molecule has 0 aliphatic heterocycles. The summed E-state index contributed by atoms with van der Waals surface area (Å²) in [5.74, 6) is -0.305. The zero-order chi connectivity index (χ0) is 18.0. The van der Waals surface area contributed by atoms with E-state index in [-0.39, 0.29) is 11.4 Å². The van der Waals surface area contributed by atoms with Crippen LogP contribution in [0.25, 0.3) is 22.4 Å². The monoisotopic (exact) mass is 395 g/mol. The second kappa shape index (κ2) is 7.04. The molecule has 0 radical (unpaired) electrons. The van der Waals surface area contributed by atoms with E-state index in [2.05, 4.69) is 27.0 Å². The molecule has 0 saturated carbocycles. The molecular formula is C20H15BrFN3. The first-order valence-corrected chi connectivity index (χ1v) is 8.59. The maximum Gasteiger partial charge on any atom is 0.142 e. The molecule has 2 N–H and O–H groups in total.